The molecule has 27 heavy (non-hydrogen) atoms. The van der Waals surface area contributed by atoms with E-state index in [1.807, 2.05) is 24.4 Å². The number of aryl methyl sites for hydroxylation is 2. The van der Waals surface area contributed by atoms with Crippen molar-refractivity contribution in [1.29, 1.82) is 0 Å². The molecular formula is C19H22F3N3O2. The van der Waals surface area contributed by atoms with Crippen LogP contribution in [-0.4, -0.2) is 22.6 Å². The average molecular weight is 381 g/mol. The van der Waals surface area contributed by atoms with Gasteiger partial charge in [-0.05, 0) is 18.6 Å². The van der Waals surface area contributed by atoms with Crippen molar-refractivity contribution in [3.05, 3.63) is 59.4 Å². The molecule has 8 heteroatoms. The van der Waals surface area contributed by atoms with E-state index in [-0.39, 0.29) is 17.9 Å². The first-order chi connectivity index (χ1) is 12.6. The molecule has 1 heterocycles. The third-order valence-corrected chi connectivity index (χ3v) is 4.07. The zero-order valence-corrected chi connectivity index (χ0v) is 15.3. The highest BCUT2D eigenvalue weighted by molar-refractivity contribution is 5.79. The molecule has 0 bridgehead atoms. The Kier molecular flexibility index (Phi) is 6.30. The Bertz CT molecular complexity index is 797. The van der Waals surface area contributed by atoms with Crippen molar-refractivity contribution in [1.82, 2.24) is 15.2 Å². The molecular weight excluding hydrogens is 359 g/mol. The van der Waals surface area contributed by atoms with Crippen LogP contribution < -0.4 is 10.6 Å². The van der Waals surface area contributed by atoms with Gasteiger partial charge in [0.1, 0.15) is 0 Å². The van der Waals surface area contributed by atoms with Crippen LogP contribution in [0.25, 0.3) is 0 Å². The van der Waals surface area contributed by atoms with Crippen molar-refractivity contribution >= 4 is 11.8 Å². The number of carbonyl (C=O) groups excluding carboxylic acids is 2. The number of halogens is 3. The number of hydrogen-bond donors (Lipinski definition) is 2. The number of rotatable bonds is 6. The Hall–Kier alpha value is -2.77. The van der Waals surface area contributed by atoms with Crippen molar-refractivity contribution in [2.75, 3.05) is 0 Å². The Morgan fingerprint density at radius 1 is 1.07 bits per heavy atom. The highest BCUT2D eigenvalue weighted by atomic mass is 19.4. The molecule has 0 radical (unpaired) electrons. The van der Waals surface area contributed by atoms with Crippen LogP contribution >= 0.6 is 0 Å². The molecule has 2 N–H and O–H groups in total. The van der Waals surface area contributed by atoms with Crippen LogP contribution in [0.5, 0.6) is 0 Å². The Balaban J connectivity index is 2.17. The molecule has 1 aromatic carbocycles. The maximum atomic E-state index is 13.4. The summed E-state index contributed by atoms with van der Waals surface area (Å²) in [6.07, 6.45) is -2.15. The first kappa shape index (κ1) is 20.5. The number of hydrogen-bond acceptors (Lipinski definition) is 2. The molecule has 0 aliphatic heterocycles. The largest absolute Gasteiger partial charge is 0.412 e. The van der Waals surface area contributed by atoms with E-state index in [4.69, 9.17) is 0 Å². The molecule has 0 spiro atoms. The molecule has 0 unspecified atom stereocenters. The first-order valence-corrected chi connectivity index (χ1v) is 8.38. The smallest absolute Gasteiger partial charge is 0.357 e. The number of amides is 2. The van der Waals surface area contributed by atoms with E-state index in [0.717, 1.165) is 5.56 Å². The van der Waals surface area contributed by atoms with Gasteiger partial charge in [-0.25, -0.2) is 0 Å². The second-order valence-electron chi connectivity index (χ2n) is 6.52. The zero-order valence-electron chi connectivity index (χ0n) is 15.3. The van der Waals surface area contributed by atoms with E-state index in [1.165, 1.54) is 30.0 Å². The first-order valence-electron chi connectivity index (χ1n) is 8.38. The molecule has 0 saturated heterocycles. The van der Waals surface area contributed by atoms with Gasteiger partial charge in [0, 0.05) is 31.9 Å². The number of nitrogens with zero attached hydrogens (tertiary/aromatic N) is 1. The van der Waals surface area contributed by atoms with Crippen molar-refractivity contribution in [3.63, 3.8) is 0 Å². The molecule has 2 rings (SSSR count). The van der Waals surface area contributed by atoms with Gasteiger partial charge in [-0.15, -0.1) is 0 Å². The summed E-state index contributed by atoms with van der Waals surface area (Å²) in [6, 6.07) is 5.58. The van der Waals surface area contributed by atoms with Crippen molar-refractivity contribution in [2.45, 2.75) is 38.5 Å². The maximum Gasteiger partial charge on any atom is 0.412 e. The third kappa shape index (κ3) is 5.87. The number of aromatic nitrogens is 1. The predicted octanol–water partition coefficient (Wildman–Crippen LogP) is 3.32. The monoisotopic (exact) mass is 381 g/mol. The lowest BCUT2D eigenvalue weighted by Gasteiger charge is -2.23. The van der Waals surface area contributed by atoms with Gasteiger partial charge >= 0.3 is 6.18 Å². The fourth-order valence-electron chi connectivity index (χ4n) is 2.75. The molecule has 0 aliphatic carbocycles. The number of carbonyl (C=O) groups is 2. The third-order valence-electron chi connectivity index (χ3n) is 4.07. The van der Waals surface area contributed by atoms with E-state index in [9.17, 15) is 22.8 Å². The van der Waals surface area contributed by atoms with E-state index < -0.39 is 24.2 Å². The molecule has 2 atom stereocenters. The Morgan fingerprint density at radius 3 is 2.19 bits per heavy atom. The van der Waals surface area contributed by atoms with Crippen LogP contribution in [0.4, 0.5) is 13.2 Å². The molecule has 0 aliphatic rings. The topological polar surface area (TPSA) is 63.1 Å². The van der Waals surface area contributed by atoms with Crippen LogP contribution in [0, 0.1) is 6.92 Å². The number of nitrogens with one attached hydrogen (secondary N) is 2. The van der Waals surface area contributed by atoms with E-state index in [0.29, 0.717) is 5.56 Å². The SMILES string of the molecule is CC(=O)N[C@@H](CC(=O)N[C@@H](c1ccn(C)c1)C(F)(F)F)c1ccc(C)cc1. The van der Waals surface area contributed by atoms with Crippen molar-refractivity contribution in [3.8, 4) is 0 Å². The van der Waals surface area contributed by atoms with Gasteiger partial charge in [-0.2, -0.15) is 13.2 Å². The van der Waals surface area contributed by atoms with Crippen molar-refractivity contribution < 1.29 is 22.8 Å². The van der Waals surface area contributed by atoms with Crippen LogP contribution in [0.3, 0.4) is 0 Å². The summed E-state index contributed by atoms with van der Waals surface area (Å²) in [6.45, 7) is 3.18. The minimum Gasteiger partial charge on any atom is -0.357 e. The fraction of sp³-hybridized carbons (Fsp3) is 0.368. The summed E-state index contributed by atoms with van der Waals surface area (Å²) < 4.78 is 41.7. The molecule has 2 amide bonds. The Labute approximate surface area is 155 Å². The van der Waals surface area contributed by atoms with Gasteiger partial charge in [-0.3, -0.25) is 9.59 Å². The normalized spacial score (nSPS) is 13.7. The minimum absolute atomic E-state index is 0.0511. The summed E-state index contributed by atoms with van der Waals surface area (Å²) in [4.78, 5) is 23.8. The van der Waals surface area contributed by atoms with Gasteiger partial charge in [0.15, 0.2) is 6.04 Å². The highest BCUT2D eigenvalue weighted by Crippen LogP contribution is 2.33. The van der Waals surface area contributed by atoms with Crippen LogP contribution in [0.1, 0.15) is 42.1 Å². The van der Waals surface area contributed by atoms with Gasteiger partial charge in [0.2, 0.25) is 11.8 Å². The molecule has 2 aromatic rings. The van der Waals surface area contributed by atoms with Crippen LogP contribution in [0.2, 0.25) is 0 Å². The van der Waals surface area contributed by atoms with E-state index in [2.05, 4.69) is 5.32 Å². The lowest BCUT2D eigenvalue weighted by molar-refractivity contribution is -0.163. The molecule has 5 nitrogen and oxygen atoms in total. The predicted molar refractivity (Wildman–Crippen MR) is 94.7 cm³/mol. The second-order valence-corrected chi connectivity index (χ2v) is 6.52. The molecule has 146 valence electrons. The molecule has 0 saturated carbocycles. The Morgan fingerprint density at radius 2 is 1.70 bits per heavy atom. The maximum absolute atomic E-state index is 13.4. The van der Waals surface area contributed by atoms with Crippen LogP contribution in [-0.2, 0) is 16.6 Å². The van der Waals surface area contributed by atoms with Gasteiger partial charge in [0.25, 0.3) is 0 Å². The summed E-state index contributed by atoms with van der Waals surface area (Å²) in [7, 11) is 1.60. The number of alkyl halides is 3. The van der Waals surface area contributed by atoms with Crippen molar-refractivity contribution in [2.24, 2.45) is 7.05 Å². The average Bonchev–Trinajstić information content (AvgIpc) is 2.97. The summed E-state index contributed by atoms with van der Waals surface area (Å²) in [5.74, 6) is -1.18. The van der Waals surface area contributed by atoms with Gasteiger partial charge in [0.05, 0.1) is 12.5 Å². The second kappa shape index (κ2) is 8.28. The number of benzene rings is 1. The minimum atomic E-state index is -4.63. The quantitative estimate of drug-likeness (QED) is 0.806. The summed E-state index contributed by atoms with van der Waals surface area (Å²) >= 11 is 0. The molecule has 0 fully saturated rings. The van der Waals surface area contributed by atoms with E-state index in [1.54, 1.807) is 19.2 Å². The fourth-order valence-corrected chi connectivity index (χ4v) is 2.75. The van der Waals surface area contributed by atoms with Crippen LogP contribution in [0.15, 0.2) is 42.7 Å². The van der Waals surface area contributed by atoms with Gasteiger partial charge in [-0.1, -0.05) is 29.8 Å². The summed E-state index contributed by atoms with van der Waals surface area (Å²) in [5, 5.41) is 4.66. The lowest BCUT2D eigenvalue weighted by atomic mass is 10.0. The van der Waals surface area contributed by atoms with E-state index >= 15 is 0 Å². The lowest BCUT2D eigenvalue weighted by Crippen LogP contribution is -2.40. The standard InChI is InChI=1S/C19H22F3N3O2/c1-12-4-6-14(7-5-12)16(23-13(2)26)10-17(27)24-18(19(20,21)22)15-8-9-25(3)11-15/h4-9,11,16,18H,10H2,1-3H3,(H,23,26)(H,24,27)/t16-,18-/m0/s1. The highest BCUT2D eigenvalue weighted by Gasteiger charge is 2.42. The van der Waals surface area contributed by atoms with Gasteiger partial charge < -0.3 is 15.2 Å². The molecule has 1 aromatic heterocycles. The summed E-state index contributed by atoms with van der Waals surface area (Å²) in [5.41, 5.74) is 1.59. The zero-order chi connectivity index (χ0) is 20.2.